The van der Waals surface area contributed by atoms with Crippen molar-refractivity contribution in [3.8, 4) is 11.6 Å². The molecule has 1 N–H and O–H groups in total. The van der Waals surface area contributed by atoms with Crippen LogP contribution in [0.1, 0.15) is 36.7 Å². The lowest BCUT2D eigenvalue weighted by Gasteiger charge is -2.09. The maximum absolute atomic E-state index is 11.6. The van der Waals surface area contributed by atoms with E-state index in [9.17, 15) is 4.79 Å². The van der Waals surface area contributed by atoms with Crippen LogP contribution in [-0.4, -0.2) is 15.8 Å². The van der Waals surface area contributed by atoms with Crippen LogP contribution in [0.5, 0.6) is 11.6 Å². The molecule has 3 rings (SSSR count). The van der Waals surface area contributed by atoms with Crippen LogP contribution in [0.15, 0.2) is 42.6 Å². The molecule has 114 valence electrons. The van der Waals surface area contributed by atoms with Crippen molar-refractivity contribution in [1.82, 2.24) is 9.97 Å². The molecule has 22 heavy (non-hydrogen) atoms. The lowest BCUT2D eigenvalue weighted by atomic mass is 10.1. The zero-order chi connectivity index (χ0) is 16.1. The number of hydrogen-bond donors (Lipinski definition) is 1. The van der Waals surface area contributed by atoms with Gasteiger partial charge in [-0.25, -0.2) is 4.98 Å². The van der Waals surface area contributed by atoms with Gasteiger partial charge in [-0.05, 0) is 43.7 Å². The summed E-state index contributed by atoms with van der Waals surface area (Å²) in [5.74, 6) is 0.993. The van der Waals surface area contributed by atoms with Gasteiger partial charge in [0.15, 0.2) is 5.78 Å². The van der Waals surface area contributed by atoms with Gasteiger partial charge in [-0.1, -0.05) is 19.9 Å². The molecule has 0 bridgehead atoms. The Bertz CT molecular complexity index is 791. The van der Waals surface area contributed by atoms with E-state index in [1.54, 1.807) is 12.1 Å². The quantitative estimate of drug-likeness (QED) is 0.700. The number of pyridine rings is 1. The van der Waals surface area contributed by atoms with E-state index in [0.717, 1.165) is 16.6 Å². The SMILES string of the molecule is CC.CC(=O)c1ccc(C)cc1Oc1ccc2[nH]ccc2n1. The van der Waals surface area contributed by atoms with Gasteiger partial charge in [-0.15, -0.1) is 0 Å². The van der Waals surface area contributed by atoms with Crippen LogP contribution in [0.25, 0.3) is 11.0 Å². The number of carbonyl (C=O) groups is 1. The number of hydrogen-bond acceptors (Lipinski definition) is 3. The fourth-order valence-corrected chi connectivity index (χ4v) is 2.09. The molecule has 3 aromatic rings. The molecule has 0 radical (unpaired) electrons. The molecule has 0 saturated heterocycles. The van der Waals surface area contributed by atoms with Crippen LogP contribution < -0.4 is 4.74 Å². The number of carbonyl (C=O) groups excluding carboxylic acids is 1. The van der Waals surface area contributed by atoms with Crippen molar-refractivity contribution in [3.63, 3.8) is 0 Å². The van der Waals surface area contributed by atoms with Crippen molar-refractivity contribution in [2.75, 3.05) is 0 Å². The number of nitrogens with zero attached hydrogens (tertiary/aromatic N) is 1. The second kappa shape index (κ2) is 6.89. The van der Waals surface area contributed by atoms with Gasteiger partial charge in [0.2, 0.25) is 5.88 Å². The number of nitrogens with one attached hydrogen (secondary N) is 1. The molecule has 0 spiro atoms. The topological polar surface area (TPSA) is 55.0 Å². The van der Waals surface area contributed by atoms with Crippen molar-refractivity contribution >= 4 is 16.8 Å². The molecule has 2 aromatic heterocycles. The van der Waals surface area contributed by atoms with Gasteiger partial charge >= 0.3 is 0 Å². The summed E-state index contributed by atoms with van der Waals surface area (Å²) in [7, 11) is 0. The molecule has 0 saturated carbocycles. The Morgan fingerprint density at radius 3 is 2.64 bits per heavy atom. The predicted molar refractivity (Wildman–Crippen MR) is 88.7 cm³/mol. The number of ether oxygens (including phenoxy) is 1. The van der Waals surface area contributed by atoms with E-state index in [-0.39, 0.29) is 5.78 Å². The Balaban J connectivity index is 0.000000847. The number of H-pyrrole nitrogens is 1. The van der Waals surface area contributed by atoms with Crippen molar-refractivity contribution < 1.29 is 9.53 Å². The van der Waals surface area contributed by atoms with Gasteiger partial charge in [-0.2, -0.15) is 0 Å². The van der Waals surface area contributed by atoms with Gasteiger partial charge in [0.25, 0.3) is 0 Å². The van der Waals surface area contributed by atoms with Crippen molar-refractivity contribution in [1.29, 1.82) is 0 Å². The summed E-state index contributed by atoms with van der Waals surface area (Å²) in [6.45, 7) is 7.49. The third-order valence-electron chi connectivity index (χ3n) is 3.11. The van der Waals surface area contributed by atoms with E-state index >= 15 is 0 Å². The standard InChI is InChI=1S/C16H14N2O2.C2H6/c1-10-3-4-12(11(2)19)15(9-10)20-16-6-5-13-14(18-16)7-8-17-13;1-2/h3-9,17H,1-2H3;1-2H3. The van der Waals surface area contributed by atoms with Crippen molar-refractivity contribution in [2.45, 2.75) is 27.7 Å². The number of fused-ring (bicyclic) bond motifs is 1. The van der Waals surface area contributed by atoms with E-state index < -0.39 is 0 Å². The van der Waals surface area contributed by atoms with E-state index in [4.69, 9.17) is 4.74 Å². The summed E-state index contributed by atoms with van der Waals surface area (Å²) in [5.41, 5.74) is 3.38. The Labute approximate surface area is 130 Å². The Morgan fingerprint density at radius 1 is 1.14 bits per heavy atom. The molecular formula is C18H20N2O2. The van der Waals surface area contributed by atoms with Crippen LogP contribution >= 0.6 is 0 Å². The van der Waals surface area contributed by atoms with Gasteiger partial charge in [0, 0.05) is 12.3 Å². The maximum atomic E-state index is 11.6. The highest BCUT2D eigenvalue weighted by atomic mass is 16.5. The predicted octanol–water partition coefficient (Wildman–Crippen LogP) is 4.89. The number of rotatable bonds is 3. The molecular weight excluding hydrogens is 276 g/mol. The monoisotopic (exact) mass is 296 g/mol. The zero-order valence-corrected chi connectivity index (χ0v) is 13.3. The molecule has 4 heteroatoms. The number of aryl methyl sites for hydroxylation is 1. The van der Waals surface area contributed by atoms with Crippen LogP contribution in [0, 0.1) is 6.92 Å². The summed E-state index contributed by atoms with van der Waals surface area (Å²) in [5, 5.41) is 0. The minimum Gasteiger partial charge on any atom is -0.438 e. The highest BCUT2D eigenvalue weighted by molar-refractivity contribution is 5.97. The lowest BCUT2D eigenvalue weighted by Crippen LogP contribution is -1.98. The van der Waals surface area contributed by atoms with Crippen molar-refractivity contribution in [3.05, 3.63) is 53.7 Å². The fourth-order valence-electron chi connectivity index (χ4n) is 2.09. The van der Waals surface area contributed by atoms with Crippen LogP contribution in [0.3, 0.4) is 0 Å². The second-order valence-electron chi connectivity index (χ2n) is 4.72. The van der Waals surface area contributed by atoms with Gasteiger partial charge in [0.05, 0.1) is 16.6 Å². The van der Waals surface area contributed by atoms with Crippen LogP contribution in [0.2, 0.25) is 0 Å². The second-order valence-corrected chi connectivity index (χ2v) is 4.72. The first-order valence-electron chi connectivity index (χ1n) is 7.37. The van der Waals surface area contributed by atoms with E-state index in [0.29, 0.717) is 17.2 Å². The first-order valence-corrected chi connectivity index (χ1v) is 7.37. The normalized spacial score (nSPS) is 10.0. The summed E-state index contributed by atoms with van der Waals surface area (Å²) in [4.78, 5) is 19.1. The van der Waals surface area contributed by atoms with Gasteiger partial charge < -0.3 is 9.72 Å². The molecule has 0 atom stereocenters. The molecule has 1 aromatic carbocycles. The summed E-state index contributed by atoms with van der Waals surface area (Å²) < 4.78 is 5.78. The average molecular weight is 296 g/mol. The summed E-state index contributed by atoms with van der Waals surface area (Å²) >= 11 is 0. The first-order chi connectivity index (χ1) is 10.6. The smallest absolute Gasteiger partial charge is 0.219 e. The molecule has 0 fully saturated rings. The minimum atomic E-state index is -0.0253. The van der Waals surface area contributed by atoms with E-state index in [1.165, 1.54) is 6.92 Å². The fraction of sp³-hybridized carbons (Fsp3) is 0.222. The third kappa shape index (κ3) is 3.34. The molecule has 0 unspecified atom stereocenters. The number of aromatic nitrogens is 2. The molecule has 2 heterocycles. The highest BCUT2D eigenvalue weighted by Crippen LogP contribution is 2.27. The van der Waals surface area contributed by atoms with Gasteiger partial charge in [-0.3, -0.25) is 4.79 Å². The molecule has 0 aliphatic heterocycles. The van der Waals surface area contributed by atoms with Gasteiger partial charge in [0.1, 0.15) is 5.75 Å². The largest absolute Gasteiger partial charge is 0.438 e. The number of Topliss-reactive ketones (excluding diaryl/α,β-unsaturated/α-hetero) is 1. The Hall–Kier alpha value is -2.62. The Kier molecular flexibility index (Phi) is 4.94. The first kappa shape index (κ1) is 15.8. The van der Waals surface area contributed by atoms with E-state index in [1.807, 2.05) is 51.2 Å². The molecule has 4 nitrogen and oxygen atoms in total. The minimum absolute atomic E-state index is 0.0253. The van der Waals surface area contributed by atoms with Crippen molar-refractivity contribution in [2.24, 2.45) is 0 Å². The number of ketones is 1. The lowest BCUT2D eigenvalue weighted by molar-refractivity contribution is 0.101. The number of benzene rings is 1. The number of aromatic amines is 1. The third-order valence-corrected chi connectivity index (χ3v) is 3.11. The zero-order valence-electron chi connectivity index (χ0n) is 13.3. The molecule has 0 aliphatic carbocycles. The van der Waals surface area contributed by atoms with Crippen LogP contribution in [0.4, 0.5) is 0 Å². The van der Waals surface area contributed by atoms with E-state index in [2.05, 4.69) is 9.97 Å². The summed E-state index contributed by atoms with van der Waals surface area (Å²) in [6, 6.07) is 11.1. The molecule has 0 amide bonds. The Morgan fingerprint density at radius 2 is 1.91 bits per heavy atom. The van der Waals surface area contributed by atoms with Crippen LogP contribution in [-0.2, 0) is 0 Å². The molecule has 0 aliphatic rings. The maximum Gasteiger partial charge on any atom is 0.219 e. The highest BCUT2D eigenvalue weighted by Gasteiger charge is 2.10. The summed E-state index contributed by atoms with van der Waals surface area (Å²) in [6.07, 6.45) is 1.83. The average Bonchev–Trinajstić information content (AvgIpc) is 2.96.